The van der Waals surface area contributed by atoms with E-state index in [1.807, 2.05) is 39.8 Å². The summed E-state index contributed by atoms with van der Waals surface area (Å²) < 4.78 is 5.67. The predicted molar refractivity (Wildman–Crippen MR) is 61.8 cm³/mol. The number of ether oxygens (including phenoxy) is 1. The van der Waals surface area contributed by atoms with E-state index in [2.05, 4.69) is 4.98 Å². The lowest BCUT2D eigenvalue weighted by atomic mass is 10.1. The van der Waals surface area contributed by atoms with Gasteiger partial charge < -0.3 is 10.5 Å². The van der Waals surface area contributed by atoms with Crippen LogP contribution in [0.4, 0.5) is 0 Å². The molecule has 1 heterocycles. The van der Waals surface area contributed by atoms with Crippen molar-refractivity contribution in [2.24, 2.45) is 5.73 Å². The zero-order valence-electron chi connectivity index (χ0n) is 9.95. The molecule has 0 amide bonds. The van der Waals surface area contributed by atoms with E-state index < -0.39 is 0 Å². The second kappa shape index (κ2) is 4.62. The van der Waals surface area contributed by atoms with Gasteiger partial charge in [-0.3, -0.25) is 4.98 Å². The molecule has 0 unspecified atom stereocenters. The molecule has 1 aromatic heterocycles. The van der Waals surface area contributed by atoms with Gasteiger partial charge in [0.2, 0.25) is 0 Å². The third kappa shape index (κ3) is 3.88. The molecule has 0 saturated carbocycles. The molecule has 1 aromatic rings. The molecule has 0 fully saturated rings. The van der Waals surface area contributed by atoms with E-state index in [4.69, 9.17) is 10.5 Å². The number of hydrogen-bond donors (Lipinski definition) is 1. The van der Waals surface area contributed by atoms with Crippen molar-refractivity contribution in [1.29, 1.82) is 0 Å². The van der Waals surface area contributed by atoms with E-state index in [9.17, 15) is 0 Å². The maximum Gasteiger partial charge on any atom is 0.138 e. The SMILES string of the molecule is CC[C@H](N)c1ccc(OC(C)(C)C)cn1. The van der Waals surface area contributed by atoms with Crippen LogP contribution in [0.1, 0.15) is 45.9 Å². The highest BCUT2D eigenvalue weighted by Gasteiger charge is 2.12. The van der Waals surface area contributed by atoms with E-state index in [0.717, 1.165) is 17.9 Å². The van der Waals surface area contributed by atoms with Gasteiger partial charge >= 0.3 is 0 Å². The molecular weight excluding hydrogens is 188 g/mol. The normalized spacial score (nSPS) is 13.7. The summed E-state index contributed by atoms with van der Waals surface area (Å²) in [5, 5.41) is 0. The fourth-order valence-corrected chi connectivity index (χ4v) is 1.23. The van der Waals surface area contributed by atoms with Crippen molar-refractivity contribution in [2.75, 3.05) is 0 Å². The Morgan fingerprint density at radius 3 is 2.47 bits per heavy atom. The van der Waals surface area contributed by atoms with Crippen molar-refractivity contribution in [3.05, 3.63) is 24.0 Å². The summed E-state index contributed by atoms with van der Waals surface area (Å²) in [5.41, 5.74) is 6.60. The van der Waals surface area contributed by atoms with E-state index >= 15 is 0 Å². The molecule has 0 saturated heterocycles. The Bertz CT molecular complexity index is 300. The van der Waals surface area contributed by atoms with Crippen molar-refractivity contribution in [3.8, 4) is 5.75 Å². The van der Waals surface area contributed by atoms with Crippen LogP contribution in [0.2, 0.25) is 0 Å². The fraction of sp³-hybridized carbons (Fsp3) is 0.583. The van der Waals surface area contributed by atoms with Crippen molar-refractivity contribution in [1.82, 2.24) is 4.98 Å². The van der Waals surface area contributed by atoms with Gasteiger partial charge in [0.1, 0.15) is 11.4 Å². The molecule has 3 heteroatoms. The molecule has 84 valence electrons. The topological polar surface area (TPSA) is 48.1 Å². The minimum atomic E-state index is -0.184. The van der Waals surface area contributed by atoms with Crippen LogP contribution in [0.5, 0.6) is 5.75 Å². The summed E-state index contributed by atoms with van der Waals surface area (Å²) >= 11 is 0. The van der Waals surface area contributed by atoms with Crippen molar-refractivity contribution in [3.63, 3.8) is 0 Å². The number of hydrogen-bond acceptors (Lipinski definition) is 3. The van der Waals surface area contributed by atoms with Gasteiger partial charge in [0, 0.05) is 6.04 Å². The first-order valence-corrected chi connectivity index (χ1v) is 5.33. The fourth-order valence-electron chi connectivity index (χ4n) is 1.23. The van der Waals surface area contributed by atoms with Crippen molar-refractivity contribution < 1.29 is 4.74 Å². The Morgan fingerprint density at radius 1 is 1.40 bits per heavy atom. The van der Waals surface area contributed by atoms with Gasteiger partial charge in [0.25, 0.3) is 0 Å². The lowest BCUT2D eigenvalue weighted by molar-refractivity contribution is 0.130. The molecular formula is C12H20N2O. The van der Waals surface area contributed by atoms with Crippen LogP contribution in [0.3, 0.4) is 0 Å². The molecule has 0 radical (unpaired) electrons. The van der Waals surface area contributed by atoms with Crippen molar-refractivity contribution in [2.45, 2.75) is 45.8 Å². The second-order valence-corrected chi connectivity index (χ2v) is 4.65. The van der Waals surface area contributed by atoms with E-state index in [1.54, 1.807) is 6.20 Å². The molecule has 1 atom stereocenters. The van der Waals surface area contributed by atoms with Crippen LogP contribution in [0, 0.1) is 0 Å². The molecule has 0 aliphatic rings. The van der Waals surface area contributed by atoms with Crippen molar-refractivity contribution >= 4 is 0 Å². The average molecular weight is 208 g/mol. The number of aromatic nitrogens is 1. The number of nitrogens with two attached hydrogens (primary N) is 1. The molecule has 3 nitrogen and oxygen atoms in total. The summed E-state index contributed by atoms with van der Waals surface area (Å²) in [4.78, 5) is 4.28. The highest BCUT2D eigenvalue weighted by atomic mass is 16.5. The maximum atomic E-state index is 5.87. The molecule has 0 aliphatic carbocycles. The molecule has 0 aromatic carbocycles. The smallest absolute Gasteiger partial charge is 0.138 e. The lowest BCUT2D eigenvalue weighted by Crippen LogP contribution is -2.23. The van der Waals surface area contributed by atoms with Crippen LogP contribution in [0.25, 0.3) is 0 Å². The first-order chi connectivity index (χ1) is 6.92. The summed E-state index contributed by atoms with van der Waals surface area (Å²) in [6.07, 6.45) is 2.63. The van der Waals surface area contributed by atoms with Crippen LogP contribution < -0.4 is 10.5 Å². The Labute approximate surface area is 91.7 Å². The van der Waals surface area contributed by atoms with Gasteiger partial charge in [0.05, 0.1) is 11.9 Å². The largest absolute Gasteiger partial charge is 0.487 e. The minimum absolute atomic E-state index is 0.0219. The minimum Gasteiger partial charge on any atom is -0.487 e. The zero-order valence-corrected chi connectivity index (χ0v) is 9.95. The van der Waals surface area contributed by atoms with Gasteiger partial charge in [-0.1, -0.05) is 6.92 Å². The van der Waals surface area contributed by atoms with Gasteiger partial charge in [0.15, 0.2) is 0 Å². The van der Waals surface area contributed by atoms with Crippen LogP contribution in [-0.4, -0.2) is 10.6 Å². The van der Waals surface area contributed by atoms with Gasteiger partial charge in [-0.15, -0.1) is 0 Å². The number of nitrogens with zero attached hydrogens (tertiary/aromatic N) is 1. The summed E-state index contributed by atoms with van der Waals surface area (Å²) in [5.74, 6) is 0.787. The van der Waals surface area contributed by atoms with Gasteiger partial charge in [-0.2, -0.15) is 0 Å². The molecule has 15 heavy (non-hydrogen) atoms. The average Bonchev–Trinajstić information content (AvgIpc) is 2.15. The first-order valence-electron chi connectivity index (χ1n) is 5.33. The highest BCUT2D eigenvalue weighted by Crippen LogP contribution is 2.19. The molecule has 0 spiro atoms. The Hall–Kier alpha value is -1.09. The van der Waals surface area contributed by atoms with Crippen LogP contribution in [-0.2, 0) is 0 Å². The molecule has 1 rings (SSSR count). The third-order valence-electron chi connectivity index (χ3n) is 2.00. The second-order valence-electron chi connectivity index (χ2n) is 4.65. The predicted octanol–water partition coefficient (Wildman–Crippen LogP) is 2.67. The molecule has 0 aliphatic heterocycles. The first kappa shape index (κ1) is 12.0. The van der Waals surface area contributed by atoms with Crippen LogP contribution >= 0.6 is 0 Å². The van der Waals surface area contributed by atoms with E-state index in [0.29, 0.717) is 0 Å². The zero-order chi connectivity index (χ0) is 11.5. The summed E-state index contributed by atoms with van der Waals surface area (Å²) in [6, 6.07) is 3.87. The highest BCUT2D eigenvalue weighted by molar-refractivity contribution is 5.21. The number of pyridine rings is 1. The van der Waals surface area contributed by atoms with Gasteiger partial charge in [-0.25, -0.2) is 0 Å². The summed E-state index contributed by atoms with van der Waals surface area (Å²) in [7, 11) is 0. The third-order valence-corrected chi connectivity index (χ3v) is 2.00. The quantitative estimate of drug-likeness (QED) is 0.830. The monoisotopic (exact) mass is 208 g/mol. The Morgan fingerprint density at radius 2 is 2.07 bits per heavy atom. The molecule has 0 bridgehead atoms. The van der Waals surface area contributed by atoms with E-state index in [1.165, 1.54) is 0 Å². The summed E-state index contributed by atoms with van der Waals surface area (Å²) in [6.45, 7) is 8.09. The Kier molecular flexibility index (Phi) is 3.69. The molecule has 2 N–H and O–H groups in total. The number of rotatable bonds is 3. The van der Waals surface area contributed by atoms with E-state index in [-0.39, 0.29) is 11.6 Å². The maximum absolute atomic E-state index is 5.87. The van der Waals surface area contributed by atoms with Crippen LogP contribution in [0.15, 0.2) is 18.3 Å². The lowest BCUT2D eigenvalue weighted by Gasteiger charge is -2.21. The standard InChI is InChI=1S/C12H20N2O/c1-5-10(13)11-7-6-9(8-14-11)15-12(2,3)4/h6-8,10H,5,13H2,1-4H3/t10-/m0/s1. The Balaban J connectivity index is 2.72. The van der Waals surface area contributed by atoms with Gasteiger partial charge in [-0.05, 0) is 39.3 Å².